The van der Waals surface area contributed by atoms with Crippen molar-refractivity contribution in [3.63, 3.8) is 0 Å². The van der Waals surface area contributed by atoms with Gasteiger partial charge in [-0.15, -0.1) is 0 Å². The number of allylic oxidation sites excluding steroid dienone is 10. The topological polar surface area (TPSA) is 78.9 Å². The van der Waals surface area contributed by atoms with Gasteiger partial charge in [0.1, 0.15) is 13.2 Å². The lowest BCUT2D eigenvalue weighted by Gasteiger charge is -2.18. The fraction of sp³-hybridized carbons (Fsp3) is 0.797. The molecule has 0 rings (SSSR count). The van der Waals surface area contributed by atoms with Crippen molar-refractivity contribution in [3.05, 3.63) is 60.8 Å². The van der Waals surface area contributed by atoms with Gasteiger partial charge in [-0.05, 0) is 57.8 Å². The summed E-state index contributed by atoms with van der Waals surface area (Å²) in [6.07, 6.45) is 73.8. The Morgan fingerprint density at radius 3 is 0.857 bits per heavy atom. The first kappa shape index (κ1) is 67.1. The lowest BCUT2D eigenvalue weighted by Crippen LogP contribution is -2.30. The number of esters is 3. The summed E-state index contributed by atoms with van der Waals surface area (Å²) in [6, 6.07) is 0. The molecule has 0 aliphatic heterocycles. The van der Waals surface area contributed by atoms with E-state index in [0.29, 0.717) is 19.3 Å². The van der Waals surface area contributed by atoms with Crippen molar-refractivity contribution >= 4 is 17.9 Å². The van der Waals surface area contributed by atoms with Crippen LogP contribution < -0.4 is 0 Å². The minimum absolute atomic E-state index is 0.0928. The molecule has 0 aliphatic rings. The van der Waals surface area contributed by atoms with Crippen molar-refractivity contribution < 1.29 is 28.6 Å². The third-order valence-electron chi connectivity index (χ3n) is 13.3. The Bertz CT molecular complexity index is 1260. The molecule has 70 heavy (non-hydrogen) atoms. The zero-order valence-electron chi connectivity index (χ0n) is 46.5. The molecular weight excluding hydrogens is 865 g/mol. The molecule has 1 atom stereocenters. The van der Waals surface area contributed by atoms with Crippen LogP contribution in [-0.2, 0) is 28.6 Å². The highest BCUT2D eigenvalue weighted by molar-refractivity contribution is 5.71. The lowest BCUT2D eigenvalue weighted by molar-refractivity contribution is -0.167. The van der Waals surface area contributed by atoms with Gasteiger partial charge in [0.25, 0.3) is 0 Å². The normalized spacial score (nSPS) is 12.4. The molecule has 0 saturated carbocycles. The second kappa shape index (κ2) is 58.7. The van der Waals surface area contributed by atoms with E-state index in [1.807, 2.05) is 0 Å². The second-order valence-electron chi connectivity index (χ2n) is 20.2. The van der Waals surface area contributed by atoms with Gasteiger partial charge in [0.15, 0.2) is 6.10 Å². The maximum Gasteiger partial charge on any atom is 0.306 e. The minimum Gasteiger partial charge on any atom is -0.462 e. The van der Waals surface area contributed by atoms with Gasteiger partial charge in [-0.1, -0.05) is 293 Å². The molecule has 0 amide bonds. The van der Waals surface area contributed by atoms with Crippen LogP contribution in [0.5, 0.6) is 0 Å². The zero-order chi connectivity index (χ0) is 50.7. The predicted molar refractivity (Wildman–Crippen MR) is 302 cm³/mol. The summed E-state index contributed by atoms with van der Waals surface area (Å²) < 4.78 is 16.8. The Morgan fingerprint density at radius 2 is 0.557 bits per heavy atom. The van der Waals surface area contributed by atoms with Crippen LogP contribution in [0.4, 0.5) is 0 Å². The van der Waals surface area contributed by atoms with Crippen LogP contribution in [0.25, 0.3) is 0 Å². The Morgan fingerprint density at radius 1 is 0.300 bits per heavy atom. The van der Waals surface area contributed by atoms with E-state index in [9.17, 15) is 14.4 Å². The van der Waals surface area contributed by atoms with Crippen LogP contribution in [0, 0.1) is 0 Å². The van der Waals surface area contributed by atoms with Gasteiger partial charge in [-0.3, -0.25) is 14.4 Å². The van der Waals surface area contributed by atoms with E-state index in [2.05, 4.69) is 81.5 Å². The van der Waals surface area contributed by atoms with Gasteiger partial charge in [-0.25, -0.2) is 0 Å². The molecule has 0 aromatic carbocycles. The standard InChI is InChI=1S/C64H114O6/c1-4-7-10-13-16-19-22-24-26-28-29-30-31-32-33-34-36-37-39-42-45-48-51-54-57-63(66)69-60-61(59-68-62(65)56-53-50-47-44-41-21-18-15-12-9-6-3)70-64(67)58-55-52-49-46-43-40-38-35-27-25-23-20-17-14-11-8-5-2/h8,11,17,20,25,27,38,40,46,49,61H,4-7,9-10,12-16,18-19,21-24,26,28-37,39,41-45,47-48,50-60H2,1-3H3/b11-8-,20-17-,27-25-,40-38-,49-46-. The van der Waals surface area contributed by atoms with Crippen molar-refractivity contribution in [3.8, 4) is 0 Å². The first-order chi connectivity index (χ1) is 34.5. The van der Waals surface area contributed by atoms with E-state index >= 15 is 0 Å². The van der Waals surface area contributed by atoms with E-state index in [4.69, 9.17) is 14.2 Å². The molecule has 1 unspecified atom stereocenters. The van der Waals surface area contributed by atoms with Crippen molar-refractivity contribution in [2.75, 3.05) is 13.2 Å². The third kappa shape index (κ3) is 56.0. The van der Waals surface area contributed by atoms with Crippen molar-refractivity contribution in [1.29, 1.82) is 0 Å². The van der Waals surface area contributed by atoms with Crippen LogP contribution in [-0.4, -0.2) is 37.2 Å². The summed E-state index contributed by atoms with van der Waals surface area (Å²) in [5, 5.41) is 0. The molecule has 0 aromatic rings. The van der Waals surface area contributed by atoms with Crippen LogP contribution in [0.3, 0.4) is 0 Å². The first-order valence-electron chi connectivity index (χ1n) is 30.3. The monoisotopic (exact) mass is 979 g/mol. The molecule has 406 valence electrons. The highest BCUT2D eigenvalue weighted by Gasteiger charge is 2.19. The third-order valence-corrected chi connectivity index (χ3v) is 13.3. The molecule has 0 spiro atoms. The zero-order valence-corrected chi connectivity index (χ0v) is 46.5. The molecule has 0 fully saturated rings. The summed E-state index contributed by atoms with van der Waals surface area (Å²) in [5.74, 6) is -0.938. The smallest absolute Gasteiger partial charge is 0.306 e. The molecule has 0 heterocycles. The summed E-state index contributed by atoms with van der Waals surface area (Å²) in [4.78, 5) is 38.1. The van der Waals surface area contributed by atoms with E-state index in [1.54, 1.807) is 0 Å². The summed E-state index contributed by atoms with van der Waals surface area (Å²) in [7, 11) is 0. The average molecular weight is 980 g/mol. The number of carbonyl (C=O) groups is 3. The van der Waals surface area contributed by atoms with Gasteiger partial charge >= 0.3 is 17.9 Å². The molecular formula is C64H114O6. The molecule has 0 N–H and O–H groups in total. The number of ether oxygens (including phenoxy) is 3. The van der Waals surface area contributed by atoms with Gasteiger partial charge in [0.05, 0.1) is 0 Å². The maximum absolute atomic E-state index is 12.8. The van der Waals surface area contributed by atoms with Crippen molar-refractivity contribution in [1.82, 2.24) is 0 Å². The molecule has 6 nitrogen and oxygen atoms in total. The van der Waals surface area contributed by atoms with Gasteiger partial charge in [0, 0.05) is 19.3 Å². The van der Waals surface area contributed by atoms with E-state index in [1.165, 1.54) is 186 Å². The van der Waals surface area contributed by atoms with Gasteiger partial charge in [-0.2, -0.15) is 0 Å². The largest absolute Gasteiger partial charge is 0.462 e. The van der Waals surface area contributed by atoms with Crippen LogP contribution in [0.2, 0.25) is 0 Å². The lowest BCUT2D eigenvalue weighted by atomic mass is 10.0. The summed E-state index contributed by atoms with van der Waals surface area (Å²) in [6.45, 7) is 6.51. The van der Waals surface area contributed by atoms with Gasteiger partial charge in [0.2, 0.25) is 0 Å². The van der Waals surface area contributed by atoms with Crippen LogP contribution in [0.1, 0.15) is 310 Å². The summed E-state index contributed by atoms with van der Waals surface area (Å²) >= 11 is 0. The second-order valence-corrected chi connectivity index (χ2v) is 20.2. The Labute approximate surface area is 434 Å². The first-order valence-corrected chi connectivity index (χ1v) is 30.3. The fourth-order valence-electron chi connectivity index (χ4n) is 8.78. The molecule has 0 aromatic heterocycles. The molecule has 6 heteroatoms. The fourth-order valence-corrected chi connectivity index (χ4v) is 8.78. The van der Waals surface area contributed by atoms with E-state index in [0.717, 1.165) is 77.0 Å². The van der Waals surface area contributed by atoms with Crippen molar-refractivity contribution in [2.24, 2.45) is 0 Å². The number of unbranched alkanes of at least 4 members (excludes halogenated alkanes) is 34. The highest BCUT2D eigenvalue weighted by Crippen LogP contribution is 2.17. The maximum atomic E-state index is 12.8. The molecule has 0 aliphatic carbocycles. The molecule has 0 bridgehead atoms. The van der Waals surface area contributed by atoms with Crippen LogP contribution >= 0.6 is 0 Å². The number of rotatable bonds is 55. The Kier molecular flexibility index (Phi) is 56.3. The van der Waals surface area contributed by atoms with E-state index < -0.39 is 6.10 Å². The Balaban J connectivity index is 4.29. The Hall–Kier alpha value is -2.89. The SMILES string of the molecule is CC/C=C\C/C=C\C/C=C\C/C=C\C/C=C\CCCC(=O)OC(COC(=O)CCCCCCCCCCCCC)COC(=O)CCCCCCCCCCCCCCCCCCCCCCCCCC. The predicted octanol–water partition coefficient (Wildman–Crippen LogP) is 20.4. The quantitative estimate of drug-likeness (QED) is 0.0261. The van der Waals surface area contributed by atoms with E-state index in [-0.39, 0.29) is 37.5 Å². The average Bonchev–Trinajstić information content (AvgIpc) is 3.36. The minimum atomic E-state index is -0.800. The molecule has 0 saturated heterocycles. The van der Waals surface area contributed by atoms with Crippen LogP contribution in [0.15, 0.2) is 60.8 Å². The number of hydrogen-bond donors (Lipinski definition) is 0. The van der Waals surface area contributed by atoms with Gasteiger partial charge < -0.3 is 14.2 Å². The summed E-state index contributed by atoms with van der Waals surface area (Å²) in [5.41, 5.74) is 0. The number of hydrogen-bond acceptors (Lipinski definition) is 6. The highest BCUT2D eigenvalue weighted by atomic mass is 16.6. The number of carbonyl (C=O) groups excluding carboxylic acids is 3. The van der Waals surface area contributed by atoms with Crippen molar-refractivity contribution in [2.45, 2.75) is 316 Å². The molecule has 0 radical (unpaired) electrons.